The third kappa shape index (κ3) is 2.67. The van der Waals surface area contributed by atoms with Crippen molar-refractivity contribution in [1.29, 1.82) is 0 Å². The zero-order valence-corrected chi connectivity index (χ0v) is 6.82. The van der Waals surface area contributed by atoms with Crippen molar-refractivity contribution in [3.63, 3.8) is 0 Å². The molecule has 0 spiro atoms. The molecule has 1 heterocycles. The van der Waals surface area contributed by atoms with Crippen LogP contribution in [0.2, 0.25) is 0 Å². The average Bonchev–Trinajstić information content (AvgIpc) is 2.03. The summed E-state index contributed by atoms with van der Waals surface area (Å²) < 4.78 is 0. The summed E-state index contributed by atoms with van der Waals surface area (Å²) in [5.41, 5.74) is 0. The standard InChI is InChI=1S/C8H18N2/c1-2-5-10-8-4-3-6-9-7-8/h8-10H,2-7H2,1H3. The van der Waals surface area contributed by atoms with E-state index in [4.69, 9.17) is 0 Å². The maximum absolute atomic E-state index is 3.51. The molecule has 1 rings (SSSR count). The van der Waals surface area contributed by atoms with E-state index in [0.717, 1.165) is 6.04 Å². The van der Waals surface area contributed by atoms with Gasteiger partial charge in [0.1, 0.15) is 0 Å². The maximum atomic E-state index is 3.51. The van der Waals surface area contributed by atoms with Crippen LogP contribution in [0.3, 0.4) is 0 Å². The fraction of sp³-hybridized carbons (Fsp3) is 1.00. The van der Waals surface area contributed by atoms with Crippen molar-refractivity contribution in [2.24, 2.45) is 0 Å². The Kier molecular flexibility index (Phi) is 3.76. The summed E-state index contributed by atoms with van der Waals surface area (Å²) >= 11 is 0. The Labute approximate surface area is 63.4 Å². The molecule has 1 fully saturated rings. The lowest BCUT2D eigenvalue weighted by Gasteiger charge is -2.23. The molecule has 0 bridgehead atoms. The minimum atomic E-state index is 0.744. The van der Waals surface area contributed by atoms with E-state index in [0.29, 0.717) is 0 Å². The highest BCUT2D eigenvalue weighted by atomic mass is 15.0. The maximum Gasteiger partial charge on any atom is 0.0192 e. The molecule has 2 N–H and O–H groups in total. The molecule has 2 heteroatoms. The van der Waals surface area contributed by atoms with Crippen molar-refractivity contribution >= 4 is 0 Å². The SMILES string of the molecule is CCCNC1CCCNC1. The Morgan fingerprint density at radius 2 is 2.50 bits per heavy atom. The lowest BCUT2D eigenvalue weighted by Crippen LogP contribution is -2.43. The molecule has 1 aliphatic rings. The fourth-order valence-corrected chi connectivity index (χ4v) is 1.37. The first-order valence-electron chi connectivity index (χ1n) is 4.37. The van der Waals surface area contributed by atoms with Crippen LogP contribution in [-0.2, 0) is 0 Å². The Morgan fingerprint density at radius 3 is 3.10 bits per heavy atom. The lowest BCUT2D eigenvalue weighted by atomic mass is 10.1. The smallest absolute Gasteiger partial charge is 0.0192 e. The zero-order valence-electron chi connectivity index (χ0n) is 6.82. The first-order chi connectivity index (χ1) is 4.93. The molecule has 0 radical (unpaired) electrons. The second-order valence-corrected chi connectivity index (χ2v) is 3.00. The highest BCUT2D eigenvalue weighted by Crippen LogP contribution is 2.00. The topological polar surface area (TPSA) is 24.1 Å². The normalized spacial score (nSPS) is 26.7. The van der Waals surface area contributed by atoms with E-state index in [1.54, 1.807) is 0 Å². The van der Waals surface area contributed by atoms with Gasteiger partial charge in [-0.05, 0) is 32.4 Å². The molecule has 60 valence electrons. The largest absolute Gasteiger partial charge is 0.315 e. The lowest BCUT2D eigenvalue weighted by molar-refractivity contribution is 0.391. The summed E-state index contributed by atoms with van der Waals surface area (Å²) in [4.78, 5) is 0. The van der Waals surface area contributed by atoms with Crippen LogP contribution in [0, 0.1) is 0 Å². The van der Waals surface area contributed by atoms with Crippen LogP contribution < -0.4 is 10.6 Å². The van der Waals surface area contributed by atoms with Gasteiger partial charge in [0.25, 0.3) is 0 Å². The zero-order chi connectivity index (χ0) is 7.23. The Hall–Kier alpha value is -0.0800. The van der Waals surface area contributed by atoms with E-state index >= 15 is 0 Å². The highest BCUT2D eigenvalue weighted by Gasteiger charge is 2.10. The second kappa shape index (κ2) is 4.69. The quantitative estimate of drug-likeness (QED) is 0.607. The molecule has 0 aromatic heterocycles. The minimum Gasteiger partial charge on any atom is -0.315 e. The number of rotatable bonds is 3. The molecule has 0 saturated carbocycles. The van der Waals surface area contributed by atoms with Gasteiger partial charge in [-0.2, -0.15) is 0 Å². The van der Waals surface area contributed by atoms with Crippen LogP contribution >= 0.6 is 0 Å². The molecule has 0 aromatic rings. The van der Waals surface area contributed by atoms with Crippen LogP contribution in [0.25, 0.3) is 0 Å². The van der Waals surface area contributed by atoms with Gasteiger partial charge in [0.2, 0.25) is 0 Å². The van der Waals surface area contributed by atoms with Crippen molar-refractivity contribution < 1.29 is 0 Å². The third-order valence-electron chi connectivity index (χ3n) is 1.98. The summed E-state index contributed by atoms with van der Waals surface area (Å²) in [6.07, 6.45) is 3.94. The van der Waals surface area contributed by atoms with Gasteiger partial charge in [-0.1, -0.05) is 6.92 Å². The van der Waals surface area contributed by atoms with E-state index in [-0.39, 0.29) is 0 Å². The predicted molar refractivity (Wildman–Crippen MR) is 44.2 cm³/mol. The molecule has 0 aliphatic carbocycles. The summed E-state index contributed by atoms with van der Waals surface area (Å²) in [7, 11) is 0. The van der Waals surface area contributed by atoms with Crippen molar-refractivity contribution in [1.82, 2.24) is 10.6 Å². The first-order valence-corrected chi connectivity index (χ1v) is 4.37. The molecule has 1 aliphatic heterocycles. The average molecular weight is 142 g/mol. The predicted octanol–water partition coefficient (Wildman–Crippen LogP) is 0.738. The third-order valence-corrected chi connectivity index (χ3v) is 1.98. The van der Waals surface area contributed by atoms with Crippen molar-refractivity contribution in [3.05, 3.63) is 0 Å². The molecular weight excluding hydrogens is 124 g/mol. The fourth-order valence-electron chi connectivity index (χ4n) is 1.37. The molecule has 1 atom stereocenters. The van der Waals surface area contributed by atoms with Crippen LogP contribution in [-0.4, -0.2) is 25.7 Å². The van der Waals surface area contributed by atoms with Gasteiger partial charge >= 0.3 is 0 Å². The van der Waals surface area contributed by atoms with Crippen LogP contribution in [0.1, 0.15) is 26.2 Å². The Morgan fingerprint density at radius 1 is 1.60 bits per heavy atom. The number of hydrogen-bond acceptors (Lipinski definition) is 2. The van der Waals surface area contributed by atoms with Crippen molar-refractivity contribution in [2.75, 3.05) is 19.6 Å². The van der Waals surface area contributed by atoms with E-state index in [1.807, 2.05) is 0 Å². The molecule has 1 saturated heterocycles. The molecule has 1 unspecified atom stereocenters. The van der Waals surface area contributed by atoms with Gasteiger partial charge < -0.3 is 10.6 Å². The Balaban J connectivity index is 2.02. The summed E-state index contributed by atoms with van der Waals surface area (Å²) in [5, 5.41) is 6.89. The number of piperidine rings is 1. The summed E-state index contributed by atoms with van der Waals surface area (Å²) in [6, 6.07) is 0.744. The van der Waals surface area contributed by atoms with Crippen LogP contribution in [0.4, 0.5) is 0 Å². The first kappa shape index (κ1) is 8.02. The molecule has 2 nitrogen and oxygen atoms in total. The monoisotopic (exact) mass is 142 g/mol. The molecule has 10 heavy (non-hydrogen) atoms. The van der Waals surface area contributed by atoms with E-state index in [2.05, 4.69) is 17.6 Å². The van der Waals surface area contributed by atoms with Crippen molar-refractivity contribution in [2.45, 2.75) is 32.2 Å². The van der Waals surface area contributed by atoms with E-state index in [9.17, 15) is 0 Å². The van der Waals surface area contributed by atoms with Crippen LogP contribution in [0.15, 0.2) is 0 Å². The Bertz CT molecular complexity index is 77.3. The van der Waals surface area contributed by atoms with E-state index in [1.165, 1.54) is 38.9 Å². The molecule has 0 aromatic carbocycles. The van der Waals surface area contributed by atoms with Gasteiger partial charge in [0.05, 0.1) is 0 Å². The van der Waals surface area contributed by atoms with Crippen molar-refractivity contribution in [3.8, 4) is 0 Å². The number of hydrogen-bond donors (Lipinski definition) is 2. The van der Waals surface area contributed by atoms with Gasteiger partial charge in [-0.3, -0.25) is 0 Å². The van der Waals surface area contributed by atoms with Gasteiger partial charge in [-0.25, -0.2) is 0 Å². The molecular formula is C8H18N2. The number of nitrogens with one attached hydrogen (secondary N) is 2. The minimum absolute atomic E-state index is 0.744. The summed E-state index contributed by atoms with van der Waals surface area (Å²) in [6.45, 7) is 5.76. The second-order valence-electron chi connectivity index (χ2n) is 3.00. The summed E-state index contributed by atoms with van der Waals surface area (Å²) in [5.74, 6) is 0. The van der Waals surface area contributed by atoms with Gasteiger partial charge in [-0.15, -0.1) is 0 Å². The van der Waals surface area contributed by atoms with Gasteiger partial charge in [0, 0.05) is 12.6 Å². The van der Waals surface area contributed by atoms with E-state index < -0.39 is 0 Å². The highest BCUT2D eigenvalue weighted by molar-refractivity contribution is 4.74. The van der Waals surface area contributed by atoms with Crippen LogP contribution in [0.5, 0.6) is 0 Å². The molecule has 0 amide bonds. The van der Waals surface area contributed by atoms with Gasteiger partial charge in [0.15, 0.2) is 0 Å².